The van der Waals surface area contributed by atoms with Crippen LogP contribution >= 0.6 is 15.9 Å². The zero-order valence-electron chi connectivity index (χ0n) is 10.1. The van der Waals surface area contributed by atoms with Gasteiger partial charge in [-0.1, -0.05) is 36.7 Å². The van der Waals surface area contributed by atoms with Gasteiger partial charge < -0.3 is 5.32 Å². The molecule has 0 aliphatic carbocycles. The van der Waals surface area contributed by atoms with E-state index in [2.05, 4.69) is 42.0 Å². The summed E-state index contributed by atoms with van der Waals surface area (Å²) in [6, 6.07) is 5.13. The molecule has 0 saturated carbocycles. The number of hydrogen-bond acceptors (Lipinski definition) is 1. The van der Waals surface area contributed by atoms with E-state index in [9.17, 15) is 4.39 Å². The first-order valence-corrected chi connectivity index (χ1v) is 6.43. The van der Waals surface area contributed by atoms with E-state index in [4.69, 9.17) is 0 Å². The highest BCUT2D eigenvalue weighted by molar-refractivity contribution is 9.10. The third kappa shape index (κ3) is 3.56. The minimum atomic E-state index is -0.143. The van der Waals surface area contributed by atoms with Gasteiger partial charge in [-0.15, -0.1) is 0 Å². The summed E-state index contributed by atoms with van der Waals surface area (Å²) in [6.07, 6.45) is 0.925. The van der Waals surface area contributed by atoms with E-state index in [0.29, 0.717) is 0 Å². The first-order valence-electron chi connectivity index (χ1n) is 5.63. The number of benzene rings is 1. The molecule has 16 heavy (non-hydrogen) atoms. The molecule has 0 aliphatic rings. The van der Waals surface area contributed by atoms with Crippen molar-refractivity contribution in [2.45, 2.75) is 32.6 Å². The van der Waals surface area contributed by atoms with Gasteiger partial charge in [0.05, 0.1) is 0 Å². The maximum absolute atomic E-state index is 13.7. The fourth-order valence-electron chi connectivity index (χ4n) is 1.73. The molecule has 0 bridgehead atoms. The largest absolute Gasteiger partial charge is 0.317 e. The Kier molecular flexibility index (Phi) is 4.93. The molecule has 3 heteroatoms. The monoisotopic (exact) mass is 287 g/mol. The maximum Gasteiger partial charge on any atom is 0.127 e. The number of halogens is 2. The second-order valence-electron chi connectivity index (χ2n) is 4.61. The Hall–Kier alpha value is -0.410. The molecular formula is C13H19BrFN. The second-order valence-corrected chi connectivity index (χ2v) is 5.53. The summed E-state index contributed by atoms with van der Waals surface area (Å²) in [5.74, 6) is -0.121. The van der Waals surface area contributed by atoms with Crippen molar-refractivity contribution < 1.29 is 4.39 Å². The molecule has 0 aromatic heterocycles. The summed E-state index contributed by atoms with van der Waals surface area (Å²) >= 11 is 3.39. The summed E-state index contributed by atoms with van der Waals surface area (Å²) < 4.78 is 14.7. The van der Waals surface area contributed by atoms with Crippen LogP contribution in [-0.2, 0) is 5.41 Å². The quantitative estimate of drug-likeness (QED) is 0.811. The van der Waals surface area contributed by atoms with Crippen LogP contribution in [0.1, 0.15) is 32.8 Å². The van der Waals surface area contributed by atoms with Crippen molar-refractivity contribution >= 4 is 15.9 Å². The molecule has 1 rings (SSSR count). The van der Waals surface area contributed by atoms with Crippen molar-refractivity contribution in [2.24, 2.45) is 0 Å². The molecule has 1 aromatic carbocycles. The molecular weight excluding hydrogens is 269 g/mol. The predicted molar refractivity (Wildman–Crippen MR) is 70.3 cm³/mol. The average Bonchev–Trinajstić information content (AvgIpc) is 2.22. The number of hydrogen-bond donors (Lipinski definition) is 1. The van der Waals surface area contributed by atoms with E-state index < -0.39 is 0 Å². The van der Waals surface area contributed by atoms with Gasteiger partial charge in [0, 0.05) is 4.47 Å². The van der Waals surface area contributed by atoms with E-state index >= 15 is 0 Å². The molecule has 0 aliphatic heterocycles. The fraction of sp³-hybridized carbons (Fsp3) is 0.538. The van der Waals surface area contributed by atoms with Crippen molar-refractivity contribution in [1.29, 1.82) is 0 Å². The molecule has 0 unspecified atom stereocenters. The minimum absolute atomic E-state index is 0.121. The Balaban J connectivity index is 2.83. The van der Waals surface area contributed by atoms with Crippen LogP contribution in [0.15, 0.2) is 22.7 Å². The van der Waals surface area contributed by atoms with Crippen LogP contribution in [0.25, 0.3) is 0 Å². The zero-order chi connectivity index (χ0) is 12.2. The second kappa shape index (κ2) is 5.78. The molecule has 1 nitrogen and oxygen atoms in total. The van der Waals surface area contributed by atoms with Gasteiger partial charge in [-0.05, 0) is 48.7 Å². The first-order chi connectivity index (χ1) is 7.47. The number of rotatable bonds is 5. The predicted octanol–water partition coefficient (Wildman–Crippen LogP) is 3.87. The van der Waals surface area contributed by atoms with Crippen molar-refractivity contribution in [2.75, 3.05) is 13.1 Å². The Morgan fingerprint density at radius 2 is 2.06 bits per heavy atom. The molecule has 1 aromatic rings. The molecule has 0 radical (unpaired) electrons. The molecule has 0 heterocycles. The van der Waals surface area contributed by atoms with Crippen molar-refractivity contribution in [1.82, 2.24) is 5.32 Å². The van der Waals surface area contributed by atoms with Crippen LogP contribution in [0.3, 0.4) is 0 Å². The summed E-state index contributed by atoms with van der Waals surface area (Å²) in [6.45, 7) is 8.10. The van der Waals surface area contributed by atoms with Gasteiger partial charge in [-0.2, -0.15) is 0 Å². The van der Waals surface area contributed by atoms with E-state index in [0.717, 1.165) is 29.5 Å². The minimum Gasteiger partial charge on any atom is -0.317 e. The summed E-state index contributed by atoms with van der Waals surface area (Å²) in [5.41, 5.74) is 0.635. The molecule has 0 amide bonds. The Bertz CT molecular complexity index is 350. The van der Waals surface area contributed by atoms with Gasteiger partial charge in [0.25, 0.3) is 0 Å². The highest BCUT2D eigenvalue weighted by atomic mass is 79.9. The maximum atomic E-state index is 13.7. The lowest BCUT2D eigenvalue weighted by atomic mass is 9.81. The van der Waals surface area contributed by atoms with Crippen molar-refractivity contribution in [3.63, 3.8) is 0 Å². The molecule has 0 saturated heterocycles. The zero-order valence-corrected chi connectivity index (χ0v) is 11.7. The van der Waals surface area contributed by atoms with Crippen LogP contribution in [-0.4, -0.2) is 13.1 Å². The third-order valence-corrected chi connectivity index (χ3v) is 3.33. The number of nitrogens with one attached hydrogen (secondary N) is 1. The summed E-state index contributed by atoms with van der Waals surface area (Å²) in [7, 11) is 0. The van der Waals surface area contributed by atoms with E-state index in [1.54, 1.807) is 6.07 Å². The lowest BCUT2D eigenvalue weighted by Gasteiger charge is -2.26. The lowest BCUT2D eigenvalue weighted by molar-refractivity contribution is 0.437. The van der Waals surface area contributed by atoms with Crippen LogP contribution < -0.4 is 5.32 Å². The molecule has 1 N–H and O–H groups in total. The molecule has 0 spiro atoms. The van der Waals surface area contributed by atoms with Crippen molar-refractivity contribution in [3.05, 3.63) is 34.1 Å². The van der Waals surface area contributed by atoms with Gasteiger partial charge >= 0.3 is 0 Å². The Morgan fingerprint density at radius 3 is 2.69 bits per heavy atom. The van der Waals surface area contributed by atoms with Crippen LogP contribution in [0.5, 0.6) is 0 Å². The Morgan fingerprint density at radius 1 is 1.38 bits per heavy atom. The van der Waals surface area contributed by atoms with Crippen molar-refractivity contribution in [3.8, 4) is 0 Å². The van der Waals surface area contributed by atoms with Crippen LogP contribution in [0, 0.1) is 5.82 Å². The highest BCUT2D eigenvalue weighted by Gasteiger charge is 2.23. The van der Waals surface area contributed by atoms with Gasteiger partial charge in [0.1, 0.15) is 5.82 Å². The standard InChI is InChI=1S/C13H19BrFN/c1-4-16-8-7-13(2,3)11-9-10(14)5-6-12(11)15/h5-6,9,16H,4,7-8H2,1-3H3. The van der Waals surface area contributed by atoms with Crippen LogP contribution in [0.4, 0.5) is 4.39 Å². The summed E-state index contributed by atoms with van der Waals surface area (Å²) in [4.78, 5) is 0. The third-order valence-electron chi connectivity index (χ3n) is 2.83. The smallest absolute Gasteiger partial charge is 0.127 e. The fourth-order valence-corrected chi connectivity index (χ4v) is 2.09. The molecule has 0 fully saturated rings. The lowest BCUT2D eigenvalue weighted by Crippen LogP contribution is -2.26. The summed E-state index contributed by atoms with van der Waals surface area (Å²) in [5, 5.41) is 3.27. The Labute approximate surface area is 106 Å². The normalized spacial score (nSPS) is 11.8. The van der Waals surface area contributed by atoms with Gasteiger partial charge in [-0.25, -0.2) is 4.39 Å². The van der Waals surface area contributed by atoms with E-state index in [-0.39, 0.29) is 11.2 Å². The average molecular weight is 288 g/mol. The van der Waals surface area contributed by atoms with Gasteiger partial charge in [0.15, 0.2) is 0 Å². The highest BCUT2D eigenvalue weighted by Crippen LogP contribution is 2.30. The topological polar surface area (TPSA) is 12.0 Å². The first kappa shape index (κ1) is 13.7. The molecule has 0 atom stereocenters. The van der Waals surface area contributed by atoms with Crippen LogP contribution in [0.2, 0.25) is 0 Å². The van der Waals surface area contributed by atoms with Gasteiger partial charge in [-0.3, -0.25) is 0 Å². The van der Waals surface area contributed by atoms with E-state index in [1.165, 1.54) is 6.07 Å². The van der Waals surface area contributed by atoms with Gasteiger partial charge in [0.2, 0.25) is 0 Å². The SMILES string of the molecule is CCNCCC(C)(C)c1cc(Br)ccc1F. The van der Waals surface area contributed by atoms with E-state index in [1.807, 2.05) is 6.07 Å². The molecule has 90 valence electrons.